The minimum Gasteiger partial charge on any atom is -0.493 e. The molecule has 1 aliphatic heterocycles. The predicted octanol–water partition coefficient (Wildman–Crippen LogP) is 2.82. The molecule has 0 saturated carbocycles. The molecule has 2 amide bonds. The van der Waals surface area contributed by atoms with Crippen LogP contribution in [-0.2, 0) is 29.1 Å². The SMILES string of the molecule is COc1ccc(CCNC(=O)CCCn2c(=O)c3ccccc3n(CC(=O)N3CC(C)CC(C)C3)c2=O)cc1OC. The Morgan fingerprint density at radius 3 is 2.37 bits per heavy atom. The van der Waals surface area contributed by atoms with Gasteiger partial charge < -0.3 is 19.7 Å². The summed E-state index contributed by atoms with van der Waals surface area (Å²) in [6.45, 7) is 5.97. The molecule has 4 rings (SSSR count). The molecule has 10 nitrogen and oxygen atoms in total. The van der Waals surface area contributed by atoms with Crippen molar-refractivity contribution in [1.82, 2.24) is 19.4 Å². The van der Waals surface area contributed by atoms with Gasteiger partial charge in [-0.15, -0.1) is 0 Å². The summed E-state index contributed by atoms with van der Waals surface area (Å²) in [5, 5.41) is 3.27. The van der Waals surface area contributed by atoms with E-state index in [4.69, 9.17) is 9.47 Å². The molecule has 0 radical (unpaired) electrons. The van der Waals surface area contributed by atoms with Gasteiger partial charge in [0.05, 0.1) is 25.1 Å². The van der Waals surface area contributed by atoms with Crippen molar-refractivity contribution in [3.63, 3.8) is 0 Å². The lowest BCUT2D eigenvalue weighted by molar-refractivity contribution is -0.134. The maximum absolute atomic E-state index is 13.5. The third kappa shape index (κ3) is 7.17. The number of nitrogens with zero attached hydrogens (tertiary/aromatic N) is 3. The van der Waals surface area contributed by atoms with Crippen LogP contribution in [-0.4, -0.2) is 59.7 Å². The lowest BCUT2D eigenvalue weighted by Gasteiger charge is -2.35. The van der Waals surface area contributed by atoms with Crippen LogP contribution >= 0.6 is 0 Å². The highest BCUT2D eigenvalue weighted by Gasteiger charge is 2.26. The molecule has 0 bridgehead atoms. The normalized spacial score (nSPS) is 16.9. The molecule has 3 aromatic rings. The number of amides is 2. The van der Waals surface area contributed by atoms with Gasteiger partial charge in [0.1, 0.15) is 6.54 Å². The van der Waals surface area contributed by atoms with Crippen molar-refractivity contribution in [2.45, 2.75) is 52.6 Å². The fourth-order valence-corrected chi connectivity index (χ4v) is 5.69. The van der Waals surface area contributed by atoms with E-state index in [0.29, 0.717) is 66.7 Å². The van der Waals surface area contributed by atoms with Crippen molar-refractivity contribution < 1.29 is 19.1 Å². The van der Waals surface area contributed by atoms with Gasteiger partial charge >= 0.3 is 5.69 Å². The largest absolute Gasteiger partial charge is 0.493 e. The molecule has 1 aliphatic rings. The second kappa shape index (κ2) is 13.5. The Morgan fingerprint density at radius 1 is 0.951 bits per heavy atom. The van der Waals surface area contributed by atoms with Crippen LogP contribution in [0.25, 0.3) is 10.9 Å². The molecule has 220 valence electrons. The molecule has 0 spiro atoms. The predicted molar refractivity (Wildman–Crippen MR) is 157 cm³/mol. The number of carbonyl (C=O) groups excluding carboxylic acids is 2. The summed E-state index contributed by atoms with van der Waals surface area (Å²) >= 11 is 0. The molecule has 2 heterocycles. The summed E-state index contributed by atoms with van der Waals surface area (Å²) < 4.78 is 13.1. The van der Waals surface area contributed by atoms with Crippen molar-refractivity contribution in [2.75, 3.05) is 33.9 Å². The van der Waals surface area contributed by atoms with E-state index in [1.165, 1.54) is 4.57 Å². The number of piperidine rings is 1. The fraction of sp³-hybridized carbons (Fsp3) is 0.484. The number of methoxy groups -OCH3 is 2. The first-order valence-electron chi connectivity index (χ1n) is 14.2. The van der Waals surface area contributed by atoms with E-state index in [9.17, 15) is 19.2 Å². The van der Waals surface area contributed by atoms with Crippen LogP contribution in [0.1, 0.15) is 38.7 Å². The zero-order valence-electron chi connectivity index (χ0n) is 24.4. The number of ether oxygens (including phenoxy) is 2. The first-order valence-corrected chi connectivity index (χ1v) is 14.2. The maximum atomic E-state index is 13.5. The quantitative estimate of drug-likeness (QED) is 0.383. The first-order chi connectivity index (χ1) is 19.7. The number of benzene rings is 2. The van der Waals surface area contributed by atoms with E-state index in [1.54, 1.807) is 38.5 Å². The number of hydrogen-bond donors (Lipinski definition) is 1. The lowest BCUT2D eigenvalue weighted by atomic mass is 9.92. The molecule has 41 heavy (non-hydrogen) atoms. The fourth-order valence-electron chi connectivity index (χ4n) is 5.69. The van der Waals surface area contributed by atoms with Crippen LogP contribution in [0.2, 0.25) is 0 Å². The molecular formula is C31H40N4O6. The average molecular weight is 565 g/mol. The van der Waals surface area contributed by atoms with E-state index in [-0.39, 0.29) is 31.3 Å². The molecular weight excluding hydrogens is 524 g/mol. The van der Waals surface area contributed by atoms with Crippen molar-refractivity contribution in [3.05, 3.63) is 68.9 Å². The van der Waals surface area contributed by atoms with Gasteiger partial charge in [0.25, 0.3) is 5.56 Å². The zero-order chi connectivity index (χ0) is 29.5. The topological polar surface area (TPSA) is 112 Å². The number of carbonyl (C=O) groups is 2. The van der Waals surface area contributed by atoms with Crippen LogP contribution in [0.15, 0.2) is 52.1 Å². The van der Waals surface area contributed by atoms with Crippen molar-refractivity contribution in [2.24, 2.45) is 11.8 Å². The highest BCUT2D eigenvalue weighted by molar-refractivity contribution is 5.81. The molecule has 0 aliphatic carbocycles. The number of likely N-dealkylation sites (tertiary alicyclic amines) is 1. The summed E-state index contributed by atoms with van der Waals surface area (Å²) in [7, 11) is 3.15. The number of rotatable bonds is 11. The summed E-state index contributed by atoms with van der Waals surface area (Å²) in [5.74, 6) is 1.77. The third-order valence-corrected chi connectivity index (χ3v) is 7.62. The summed E-state index contributed by atoms with van der Waals surface area (Å²) in [5.41, 5.74) is 0.490. The van der Waals surface area contributed by atoms with Crippen molar-refractivity contribution >= 4 is 22.7 Å². The minimum atomic E-state index is -0.533. The van der Waals surface area contributed by atoms with Gasteiger partial charge in [0.15, 0.2) is 11.5 Å². The van der Waals surface area contributed by atoms with Gasteiger partial charge in [0.2, 0.25) is 11.8 Å². The molecule has 1 N–H and O–H groups in total. The van der Waals surface area contributed by atoms with Crippen LogP contribution < -0.4 is 26.0 Å². The third-order valence-electron chi connectivity index (χ3n) is 7.62. The molecule has 10 heteroatoms. The van der Waals surface area contributed by atoms with Crippen LogP contribution in [0, 0.1) is 11.8 Å². The van der Waals surface area contributed by atoms with Gasteiger partial charge in [-0.1, -0.05) is 32.0 Å². The minimum absolute atomic E-state index is 0.0809. The van der Waals surface area contributed by atoms with Gasteiger partial charge in [-0.05, 0) is 60.9 Å². The number of aromatic nitrogens is 2. The van der Waals surface area contributed by atoms with Crippen molar-refractivity contribution in [1.29, 1.82) is 0 Å². The highest BCUT2D eigenvalue weighted by Crippen LogP contribution is 2.27. The number of hydrogen-bond acceptors (Lipinski definition) is 6. The smallest absolute Gasteiger partial charge is 0.331 e. The summed E-state index contributed by atoms with van der Waals surface area (Å²) in [6, 6.07) is 12.5. The van der Waals surface area contributed by atoms with Gasteiger partial charge in [0, 0.05) is 32.6 Å². The molecule has 2 atom stereocenters. The maximum Gasteiger partial charge on any atom is 0.331 e. The lowest BCUT2D eigenvalue weighted by Crippen LogP contribution is -2.47. The van der Waals surface area contributed by atoms with Crippen LogP contribution in [0.3, 0.4) is 0 Å². The Morgan fingerprint density at radius 2 is 1.66 bits per heavy atom. The average Bonchev–Trinajstić information content (AvgIpc) is 2.96. The standard InChI is InChI=1S/C31H40N4O6/c1-21-16-22(2)19-33(18-21)29(37)20-35-25-9-6-5-8-24(25)30(38)34(31(35)39)15-7-10-28(36)32-14-13-23-11-12-26(40-3)27(17-23)41-4/h5-6,8-9,11-12,17,21-22H,7,10,13-16,18-20H2,1-4H3,(H,32,36). The van der Waals surface area contributed by atoms with E-state index in [0.717, 1.165) is 16.6 Å². The monoisotopic (exact) mass is 564 g/mol. The molecule has 2 unspecified atom stereocenters. The number of para-hydroxylation sites is 1. The molecule has 2 aromatic carbocycles. The Hall–Kier alpha value is -4.08. The summed E-state index contributed by atoms with van der Waals surface area (Å²) in [4.78, 5) is 54.3. The van der Waals surface area contributed by atoms with E-state index in [2.05, 4.69) is 19.2 Å². The van der Waals surface area contributed by atoms with Gasteiger partial charge in [-0.2, -0.15) is 0 Å². The zero-order valence-corrected chi connectivity index (χ0v) is 24.4. The van der Waals surface area contributed by atoms with E-state index >= 15 is 0 Å². The Bertz CT molecular complexity index is 1500. The Labute approximate surface area is 239 Å². The first kappa shape index (κ1) is 29.9. The second-order valence-corrected chi connectivity index (χ2v) is 11.0. The van der Waals surface area contributed by atoms with Gasteiger partial charge in [-0.25, -0.2) is 4.79 Å². The van der Waals surface area contributed by atoms with E-state index in [1.807, 2.05) is 23.1 Å². The number of fused-ring (bicyclic) bond motifs is 1. The molecule has 1 aromatic heterocycles. The van der Waals surface area contributed by atoms with Gasteiger partial charge in [-0.3, -0.25) is 23.5 Å². The number of nitrogens with one attached hydrogen (secondary N) is 1. The van der Waals surface area contributed by atoms with E-state index < -0.39 is 11.2 Å². The summed E-state index contributed by atoms with van der Waals surface area (Å²) in [6.07, 6.45) is 2.16. The Kier molecular flexibility index (Phi) is 9.86. The highest BCUT2D eigenvalue weighted by atomic mass is 16.5. The van der Waals surface area contributed by atoms with Crippen LogP contribution in [0.5, 0.6) is 11.5 Å². The Balaban J connectivity index is 1.40. The van der Waals surface area contributed by atoms with Crippen LogP contribution in [0.4, 0.5) is 0 Å². The molecule has 1 saturated heterocycles. The molecule has 1 fully saturated rings. The van der Waals surface area contributed by atoms with Crippen molar-refractivity contribution in [3.8, 4) is 11.5 Å². The second-order valence-electron chi connectivity index (χ2n) is 11.0.